The maximum Gasteiger partial charge on any atom is 0.203 e. The minimum Gasteiger partial charge on any atom is -0.508 e. The number of hydrogen-bond acceptors (Lipinski definition) is 7. The Hall–Kier alpha value is -2.49. The lowest BCUT2D eigenvalue weighted by Gasteiger charge is -2.19. The Kier molecular flexibility index (Phi) is 5.31. The highest BCUT2D eigenvalue weighted by molar-refractivity contribution is 7.95. The maximum absolute atomic E-state index is 13.3. The highest BCUT2D eigenvalue weighted by Gasteiger charge is 2.37. The average molecular weight is 481 g/mol. The highest BCUT2D eigenvalue weighted by atomic mass is 35.5. The third-order valence-corrected chi connectivity index (χ3v) is 9.64. The molecule has 2 aliphatic rings. The predicted octanol–water partition coefficient (Wildman–Crippen LogP) is 3.04. The molecule has 1 aliphatic heterocycles. The Labute approximate surface area is 184 Å². The van der Waals surface area contributed by atoms with Crippen molar-refractivity contribution in [2.45, 2.75) is 35.5 Å². The zero-order valence-corrected chi connectivity index (χ0v) is 18.5. The van der Waals surface area contributed by atoms with E-state index in [1.807, 2.05) is 0 Å². The molecule has 0 atom stereocenters. The van der Waals surface area contributed by atoms with Crippen LogP contribution in [0.2, 0.25) is 5.02 Å². The molecule has 162 valence electrons. The number of carbonyl (C=O) groups excluding carboxylic acids is 2. The van der Waals surface area contributed by atoms with E-state index in [0.29, 0.717) is 5.56 Å². The monoisotopic (exact) mass is 480 g/mol. The van der Waals surface area contributed by atoms with Crippen molar-refractivity contribution >= 4 is 42.8 Å². The third kappa shape index (κ3) is 3.60. The fraction of sp³-hybridized carbons (Fsp3) is 0.238. The minimum absolute atomic E-state index is 0.00691. The summed E-state index contributed by atoms with van der Waals surface area (Å²) in [4.78, 5) is 25.6. The van der Waals surface area contributed by atoms with Crippen LogP contribution in [0.25, 0.3) is 0 Å². The molecular formula is C21H17ClO7S2. The molecule has 0 amide bonds. The van der Waals surface area contributed by atoms with Crippen molar-refractivity contribution in [3.63, 3.8) is 0 Å². The van der Waals surface area contributed by atoms with Crippen LogP contribution < -0.4 is 0 Å². The van der Waals surface area contributed by atoms with Gasteiger partial charge in [-0.1, -0.05) is 11.6 Å². The van der Waals surface area contributed by atoms with Gasteiger partial charge in [-0.3, -0.25) is 9.59 Å². The topological polar surface area (TPSA) is 123 Å². The largest absolute Gasteiger partial charge is 0.508 e. The van der Waals surface area contributed by atoms with Crippen molar-refractivity contribution in [2.75, 3.05) is 5.75 Å². The molecule has 4 rings (SSSR count). The summed E-state index contributed by atoms with van der Waals surface area (Å²) in [5.41, 5.74) is -0.234. The Morgan fingerprint density at radius 2 is 1.68 bits per heavy atom. The summed E-state index contributed by atoms with van der Waals surface area (Å²) in [6.45, 7) is 0. The number of halogens is 1. The molecule has 10 heteroatoms. The van der Waals surface area contributed by atoms with Gasteiger partial charge >= 0.3 is 0 Å². The molecule has 2 aromatic carbocycles. The molecule has 0 saturated heterocycles. The average Bonchev–Trinajstić information content (AvgIpc) is 3.03. The van der Waals surface area contributed by atoms with Crippen molar-refractivity contribution < 1.29 is 31.5 Å². The van der Waals surface area contributed by atoms with E-state index in [1.165, 1.54) is 36.4 Å². The predicted molar refractivity (Wildman–Crippen MR) is 113 cm³/mol. The van der Waals surface area contributed by atoms with Crippen LogP contribution in [0.5, 0.6) is 5.75 Å². The number of fused-ring (bicyclic) bond motifs is 1. The Balaban J connectivity index is 1.88. The van der Waals surface area contributed by atoms with Gasteiger partial charge in [0.2, 0.25) is 9.84 Å². The van der Waals surface area contributed by atoms with Crippen molar-refractivity contribution in [1.29, 1.82) is 0 Å². The molecule has 0 bridgehead atoms. The SMILES string of the molecule is O=C1CCCC(S(=O)(=O)c2ccc(O)cc2)=C1C(=O)c1ccc2c(c1Cl)CCS2(=O)=O. The van der Waals surface area contributed by atoms with E-state index in [1.54, 1.807) is 0 Å². The third-order valence-electron chi connectivity index (χ3n) is 5.46. The number of aromatic hydroxyl groups is 1. The number of phenolic OH excluding ortho intramolecular Hbond substituents is 1. The van der Waals surface area contributed by atoms with Gasteiger partial charge in [0.05, 0.1) is 31.0 Å². The molecule has 0 unspecified atom stereocenters. The molecular weight excluding hydrogens is 464 g/mol. The minimum atomic E-state index is -4.17. The summed E-state index contributed by atoms with van der Waals surface area (Å²) >= 11 is 6.34. The molecule has 1 N–H and O–H groups in total. The lowest BCUT2D eigenvalue weighted by molar-refractivity contribution is -0.115. The summed E-state index contributed by atoms with van der Waals surface area (Å²) in [7, 11) is -7.64. The number of rotatable bonds is 4. The number of benzene rings is 2. The zero-order valence-electron chi connectivity index (χ0n) is 16.1. The van der Waals surface area contributed by atoms with Crippen molar-refractivity contribution in [2.24, 2.45) is 0 Å². The van der Waals surface area contributed by atoms with Crippen LogP contribution in [0.1, 0.15) is 35.2 Å². The van der Waals surface area contributed by atoms with Gasteiger partial charge < -0.3 is 5.11 Å². The smallest absolute Gasteiger partial charge is 0.203 e. The van der Waals surface area contributed by atoms with E-state index in [2.05, 4.69) is 0 Å². The van der Waals surface area contributed by atoms with Gasteiger partial charge in [-0.05, 0) is 61.2 Å². The van der Waals surface area contributed by atoms with Gasteiger partial charge in [0, 0.05) is 12.0 Å². The molecule has 0 fully saturated rings. The van der Waals surface area contributed by atoms with Crippen LogP contribution in [0.15, 0.2) is 56.7 Å². The van der Waals surface area contributed by atoms with Crippen LogP contribution in [-0.4, -0.2) is 39.3 Å². The normalized spacial score (nSPS) is 18.2. The first-order valence-corrected chi connectivity index (χ1v) is 12.9. The van der Waals surface area contributed by atoms with Crippen LogP contribution in [-0.2, 0) is 30.9 Å². The van der Waals surface area contributed by atoms with E-state index in [0.717, 1.165) is 0 Å². The maximum atomic E-state index is 13.3. The quantitative estimate of drug-likeness (QED) is 0.527. The molecule has 0 aromatic heterocycles. The number of Topliss-reactive ketones (excluding diaryl/α,β-unsaturated/α-hetero) is 2. The fourth-order valence-corrected chi connectivity index (χ4v) is 7.50. The van der Waals surface area contributed by atoms with Gasteiger partial charge in [-0.25, -0.2) is 16.8 Å². The Bertz CT molecular complexity index is 1370. The summed E-state index contributed by atoms with van der Waals surface area (Å²) in [6, 6.07) is 7.32. The second kappa shape index (κ2) is 7.58. The van der Waals surface area contributed by atoms with Crippen molar-refractivity contribution in [3.05, 3.63) is 63.0 Å². The molecule has 1 aliphatic carbocycles. The van der Waals surface area contributed by atoms with E-state index in [4.69, 9.17) is 11.6 Å². The Morgan fingerprint density at radius 1 is 1.00 bits per heavy atom. The van der Waals surface area contributed by atoms with E-state index < -0.39 is 36.8 Å². The van der Waals surface area contributed by atoms with E-state index in [-0.39, 0.29) is 62.5 Å². The van der Waals surface area contributed by atoms with Crippen LogP contribution in [0.3, 0.4) is 0 Å². The summed E-state index contributed by atoms with van der Waals surface area (Å²) in [5, 5.41) is 9.36. The van der Waals surface area contributed by atoms with Crippen molar-refractivity contribution in [1.82, 2.24) is 0 Å². The number of carbonyl (C=O) groups is 2. The van der Waals surface area contributed by atoms with Crippen LogP contribution in [0, 0.1) is 0 Å². The second-order valence-electron chi connectivity index (χ2n) is 7.37. The lowest BCUT2D eigenvalue weighted by atomic mass is 9.91. The fourth-order valence-electron chi connectivity index (χ4n) is 3.89. The molecule has 0 radical (unpaired) electrons. The first kappa shape index (κ1) is 21.7. The first-order valence-electron chi connectivity index (χ1n) is 9.43. The number of phenols is 1. The van der Waals surface area contributed by atoms with Gasteiger partial charge in [-0.15, -0.1) is 0 Å². The molecule has 31 heavy (non-hydrogen) atoms. The number of ketones is 2. The molecule has 7 nitrogen and oxygen atoms in total. The van der Waals surface area contributed by atoms with Gasteiger partial charge in [0.15, 0.2) is 21.4 Å². The number of hydrogen-bond donors (Lipinski definition) is 1. The van der Waals surface area contributed by atoms with Gasteiger partial charge in [0.25, 0.3) is 0 Å². The van der Waals surface area contributed by atoms with E-state index >= 15 is 0 Å². The van der Waals surface area contributed by atoms with Gasteiger partial charge in [0.1, 0.15) is 5.75 Å². The number of allylic oxidation sites excluding steroid dienone is 2. The molecule has 2 aromatic rings. The second-order valence-corrected chi connectivity index (χ2v) is 11.8. The Morgan fingerprint density at radius 3 is 2.35 bits per heavy atom. The molecule has 0 saturated carbocycles. The highest BCUT2D eigenvalue weighted by Crippen LogP contribution is 2.38. The molecule has 0 spiro atoms. The molecule has 1 heterocycles. The summed E-state index contributed by atoms with van der Waals surface area (Å²) in [6.07, 6.45) is 0.446. The van der Waals surface area contributed by atoms with Gasteiger partial charge in [-0.2, -0.15) is 0 Å². The van der Waals surface area contributed by atoms with Crippen molar-refractivity contribution in [3.8, 4) is 5.75 Å². The van der Waals surface area contributed by atoms with Crippen LogP contribution >= 0.6 is 11.6 Å². The summed E-state index contributed by atoms with van der Waals surface area (Å²) < 4.78 is 50.6. The zero-order chi connectivity index (χ0) is 22.6. The summed E-state index contributed by atoms with van der Waals surface area (Å²) in [5.74, 6) is -1.68. The number of sulfone groups is 2. The first-order chi connectivity index (χ1) is 14.5. The standard InChI is InChI=1S/C21H17ClO7S2/c22-20-14-10-11-30(26,27)17(14)9-8-15(20)21(25)19-16(24)2-1-3-18(19)31(28,29)13-6-4-12(23)5-7-13/h4-9,23H,1-3,10-11H2. The lowest BCUT2D eigenvalue weighted by Crippen LogP contribution is -2.24. The van der Waals surface area contributed by atoms with E-state index in [9.17, 15) is 31.5 Å². The van der Waals surface area contributed by atoms with Crippen LogP contribution in [0.4, 0.5) is 0 Å².